The van der Waals surface area contributed by atoms with Crippen LogP contribution in [0.2, 0.25) is 0 Å². The molecule has 2 N–H and O–H groups in total. The van der Waals surface area contributed by atoms with Crippen LogP contribution in [0, 0.1) is 24.1 Å². The standard InChI is InChI=1S/C29H27F7N4OS/c1-15-9-19(30)5-6-21(15)24-23(22(13-37)25(42-24)40-8-7-20(38)14-40)39(4)26(41)27(2,3)16-10-17(28(31,32)33)12-18(11-16)29(34,35)36/h5-6,9-12,20H,7-8,14,38H2,1-4H3/t20-/m1/s1. The number of likely N-dealkylation sites (N-methyl/N-ethyl adjacent to an activating group) is 1. The summed E-state index contributed by atoms with van der Waals surface area (Å²) in [6, 6.07) is 7.03. The fourth-order valence-electron chi connectivity index (χ4n) is 5.05. The molecule has 224 valence electrons. The lowest BCUT2D eigenvalue weighted by Crippen LogP contribution is -2.42. The summed E-state index contributed by atoms with van der Waals surface area (Å²) in [5.74, 6) is -1.36. The van der Waals surface area contributed by atoms with E-state index in [0.29, 0.717) is 52.6 Å². The van der Waals surface area contributed by atoms with Crippen LogP contribution in [0.25, 0.3) is 10.4 Å². The third-order valence-electron chi connectivity index (χ3n) is 7.41. The molecule has 0 radical (unpaired) electrons. The molecule has 2 heterocycles. The van der Waals surface area contributed by atoms with Gasteiger partial charge in [-0.3, -0.25) is 4.79 Å². The first-order chi connectivity index (χ1) is 19.4. The highest BCUT2D eigenvalue weighted by Crippen LogP contribution is 2.49. The van der Waals surface area contributed by atoms with Gasteiger partial charge in [-0.05, 0) is 74.2 Å². The Morgan fingerprint density at radius 2 is 1.62 bits per heavy atom. The van der Waals surface area contributed by atoms with E-state index < -0.39 is 46.2 Å². The number of alkyl halides is 6. The van der Waals surface area contributed by atoms with Crippen LogP contribution in [0.5, 0.6) is 0 Å². The van der Waals surface area contributed by atoms with Crippen LogP contribution in [0.15, 0.2) is 36.4 Å². The molecule has 3 aromatic rings. The van der Waals surface area contributed by atoms with Crippen molar-refractivity contribution in [3.8, 4) is 16.5 Å². The van der Waals surface area contributed by atoms with E-state index in [-0.39, 0.29) is 23.4 Å². The minimum atomic E-state index is -5.10. The van der Waals surface area contributed by atoms with E-state index in [1.54, 1.807) is 6.92 Å². The van der Waals surface area contributed by atoms with Crippen molar-refractivity contribution >= 4 is 27.9 Å². The second kappa shape index (κ2) is 10.9. The molecule has 1 amide bonds. The average Bonchev–Trinajstić information content (AvgIpc) is 3.49. The van der Waals surface area contributed by atoms with Gasteiger partial charge in [0.2, 0.25) is 5.91 Å². The van der Waals surface area contributed by atoms with E-state index >= 15 is 0 Å². The molecule has 5 nitrogen and oxygen atoms in total. The molecule has 1 saturated heterocycles. The molecule has 0 aliphatic carbocycles. The minimum Gasteiger partial charge on any atom is -0.361 e. The number of nitriles is 1. The molecular weight excluding hydrogens is 585 g/mol. The van der Waals surface area contributed by atoms with Crippen LogP contribution in [-0.2, 0) is 22.6 Å². The Labute approximate surface area is 241 Å². The SMILES string of the molecule is Cc1cc(F)ccc1-c1sc(N2CC[C@@H](N)C2)c(C#N)c1N(C)C(=O)C(C)(C)c1cc(C(F)(F)F)cc(C(F)(F)F)c1. The number of anilines is 2. The van der Waals surface area contributed by atoms with E-state index in [4.69, 9.17) is 5.73 Å². The Morgan fingerprint density at radius 1 is 1.05 bits per heavy atom. The van der Waals surface area contributed by atoms with E-state index in [2.05, 4.69) is 6.07 Å². The number of hydrogen-bond donors (Lipinski definition) is 1. The summed E-state index contributed by atoms with van der Waals surface area (Å²) in [6.45, 7) is 5.06. The van der Waals surface area contributed by atoms with Crippen LogP contribution >= 0.6 is 11.3 Å². The van der Waals surface area contributed by atoms with Crippen molar-refractivity contribution in [1.82, 2.24) is 0 Å². The van der Waals surface area contributed by atoms with Crippen LogP contribution < -0.4 is 15.5 Å². The molecule has 42 heavy (non-hydrogen) atoms. The van der Waals surface area contributed by atoms with Crippen molar-refractivity contribution in [1.29, 1.82) is 5.26 Å². The fourth-order valence-corrected chi connectivity index (χ4v) is 6.46. The summed E-state index contributed by atoms with van der Waals surface area (Å²) in [5, 5.41) is 10.8. The molecule has 0 unspecified atom stereocenters. The maximum atomic E-state index is 14.0. The van der Waals surface area contributed by atoms with Crippen molar-refractivity contribution in [2.45, 2.75) is 51.0 Å². The lowest BCUT2D eigenvalue weighted by atomic mass is 9.81. The van der Waals surface area contributed by atoms with E-state index in [1.807, 2.05) is 4.90 Å². The van der Waals surface area contributed by atoms with Gasteiger partial charge in [0.05, 0.1) is 27.1 Å². The number of nitrogens with zero attached hydrogens (tertiary/aromatic N) is 3. The van der Waals surface area contributed by atoms with Gasteiger partial charge >= 0.3 is 12.4 Å². The maximum Gasteiger partial charge on any atom is 0.416 e. The first kappa shape index (κ1) is 31.3. The second-order valence-electron chi connectivity index (χ2n) is 10.8. The highest BCUT2D eigenvalue weighted by Gasteiger charge is 2.42. The topological polar surface area (TPSA) is 73.4 Å². The van der Waals surface area contributed by atoms with Crippen molar-refractivity contribution < 1.29 is 35.5 Å². The molecular formula is C29H27F7N4OS. The smallest absolute Gasteiger partial charge is 0.361 e. The molecule has 2 aromatic carbocycles. The Bertz CT molecular complexity index is 1540. The van der Waals surface area contributed by atoms with Gasteiger partial charge in [-0.2, -0.15) is 31.6 Å². The molecule has 1 aromatic heterocycles. The number of rotatable bonds is 5. The first-order valence-corrected chi connectivity index (χ1v) is 13.6. The summed E-state index contributed by atoms with van der Waals surface area (Å²) >= 11 is 1.18. The molecule has 1 aliphatic heterocycles. The second-order valence-corrected chi connectivity index (χ2v) is 11.8. The summed E-state index contributed by atoms with van der Waals surface area (Å²) in [4.78, 5) is 17.4. The summed E-state index contributed by atoms with van der Waals surface area (Å²) in [5.41, 5.74) is 1.83. The summed E-state index contributed by atoms with van der Waals surface area (Å²) in [6.07, 6.45) is -9.54. The number of amides is 1. The van der Waals surface area contributed by atoms with Gasteiger partial charge in [-0.1, -0.05) is 6.07 Å². The highest BCUT2D eigenvalue weighted by molar-refractivity contribution is 7.20. The number of thiophene rings is 1. The zero-order chi connectivity index (χ0) is 31.4. The Morgan fingerprint density at radius 3 is 2.10 bits per heavy atom. The van der Waals surface area contributed by atoms with Gasteiger partial charge in [0.1, 0.15) is 22.5 Å². The van der Waals surface area contributed by atoms with Gasteiger partial charge < -0.3 is 15.5 Å². The number of aryl methyl sites for hydroxylation is 1. The van der Waals surface area contributed by atoms with Gasteiger partial charge in [0.25, 0.3) is 0 Å². The zero-order valence-electron chi connectivity index (χ0n) is 23.0. The van der Waals surface area contributed by atoms with Gasteiger partial charge in [0, 0.05) is 26.2 Å². The lowest BCUT2D eigenvalue weighted by Gasteiger charge is -2.31. The molecule has 13 heteroatoms. The Balaban J connectivity index is 1.90. The summed E-state index contributed by atoms with van der Waals surface area (Å²) < 4.78 is 95.5. The molecule has 4 rings (SSSR count). The average molecular weight is 613 g/mol. The van der Waals surface area contributed by atoms with Gasteiger partial charge in [-0.25, -0.2) is 4.39 Å². The van der Waals surface area contributed by atoms with Crippen LogP contribution in [0.4, 0.5) is 41.4 Å². The molecule has 0 spiro atoms. The number of benzene rings is 2. The van der Waals surface area contributed by atoms with Gasteiger partial charge in [0.15, 0.2) is 0 Å². The number of nitrogens with two attached hydrogens (primary N) is 1. The van der Waals surface area contributed by atoms with E-state index in [1.165, 1.54) is 50.4 Å². The van der Waals surface area contributed by atoms with E-state index in [0.717, 1.165) is 4.90 Å². The van der Waals surface area contributed by atoms with Crippen LogP contribution in [-0.4, -0.2) is 32.1 Å². The van der Waals surface area contributed by atoms with Crippen molar-refractivity contribution in [3.05, 3.63) is 70.0 Å². The highest BCUT2D eigenvalue weighted by atomic mass is 32.1. The number of carbonyl (C=O) groups is 1. The molecule has 0 bridgehead atoms. The minimum absolute atomic E-state index is 0.00286. The number of hydrogen-bond acceptors (Lipinski definition) is 5. The molecule has 0 saturated carbocycles. The fraction of sp³-hybridized carbons (Fsp3) is 0.379. The third kappa shape index (κ3) is 5.83. The van der Waals surface area contributed by atoms with Crippen molar-refractivity contribution in [3.63, 3.8) is 0 Å². The predicted octanol–water partition coefficient (Wildman–Crippen LogP) is 7.25. The summed E-state index contributed by atoms with van der Waals surface area (Å²) in [7, 11) is 1.31. The van der Waals surface area contributed by atoms with Gasteiger partial charge in [-0.15, -0.1) is 11.3 Å². The molecule has 1 aliphatic rings. The Kier molecular flexibility index (Phi) is 8.12. The normalized spacial score (nSPS) is 16.1. The molecule has 1 atom stereocenters. The predicted molar refractivity (Wildman–Crippen MR) is 147 cm³/mol. The lowest BCUT2D eigenvalue weighted by molar-refractivity contribution is -0.143. The maximum absolute atomic E-state index is 14.0. The quantitative estimate of drug-likeness (QED) is 0.308. The monoisotopic (exact) mass is 612 g/mol. The number of halogens is 7. The molecule has 1 fully saturated rings. The van der Waals surface area contributed by atoms with E-state index in [9.17, 15) is 40.8 Å². The zero-order valence-corrected chi connectivity index (χ0v) is 23.9. The number of carbonyl (C=O) groups excluding carboxylic acids is 1. The first-order valence-electron chi connectivity index (χ1n) is 12.8. The van der Waals surface area contributed by atoms with Crippen molar-refractivity contribution in [2.24, 2.45) is 5.73 Å². The van der Waals surface area contributed by atoms with Crippen LogP contribution in [0.3, 0.4) is 0 Å². The largest absolute Gasteiger partial charge is 0.416 e. The van der Waals surface area contributed by atoms with Crippen molar-refractivity contribution in [2.75, 3.05) is 29.9 Å². The Hall–Kier alpha value is -3.63. The third-order valence-corrected chi connectivity index (χ3v) is 8.68. The van der Waals surface area contributed by atoms with Crippen LogP contribution in [0.1, 0.15) is 48.1 Å².